The summed E-state index contributed by atoms with van der Waals surface area (Å²) < 4.78 is 105. The largest absolute Gasteiger partial charge is 0.482 e. The Morgan fingerprint density at radius 3 is 1.23 bits per heavy atom. The molecule has 74 heavy (non-hydrogen) atoms. The van der Waals surface area contributed by atoms with Crippen molar-refractivity contribution in [1.29, 1.82) is 0 Å². The molecule has 0 unspecified atom stereocenters. The van der Waals surface area contributed by atoms with E-state index in [0.29, 0.717) is 125 Å². The maximum absolute atomic E-state index is 13.5. The minimum Gasteiger partial charge on any atom is -0.482 e. The number of carbonyl (C=O) groups is 2. The summed E-state index contributed by atoms with van der Waals surface area (Å²) in [5, 5.41) is 1.19. The SMILES string of the molecule is CCOC(=O)COc1cc(NS(=O)(=O)c2ccccc2)c2nc(CN3CCOCCOCCN(Cc4ccc5cc(OCC(=O)OCC)cc(NS(=O)(=O)c6ccccc6)c5n4)CCOCCOCC3)ccc2c1. The number of ether oxygens (including phenoxy) is 8. The molecule has 0 radical (unpaired) electrons. The standard InChI is InChI=1S/C52H62N6O14S2/c1-3-69-49(59)37-71-43-31-39-15-17-41(53-51(39)47(33-43)55-73(61,62)45-11-7-5-8-12-45)35-57-19-23-65-27-29-67-25-21-58(22-26-68-30-28-66-24-20-57)36-42-18-16-40-32-44(72-38-50(60)70-4-2)34-48(52(40)54-42)56-74(63,64)46-13-9-6-10-14-46/h5-18,31-34,55-56H,3-4,19-30,35-38H2,1-2H3. The number of aromatic nitrogens is 2. The van der Waals surface area contributed by atoms with Crippen molar-refractivity contribution in [2.75, 3.05) is 115 Å². The summed E-state index contributed by atoms with van der Waals surface area (Å²) in [6.45, 7) is 9.04. The first-order chi connectivity index (χ1) is 35.9. The van der Waals surface area contributed by atoms with Gasteiger partial charge in [-0.05, 0) is 62.4 Å². The van der Waals surface area contributed by atoms with Gasteiger partial charge in [0.1, 0.15) is 11.5 Å². The zero-order valence-electron chi connectivity index (χ0n) is 41.4. The molecular formula is C52H62N6O14S2. The molecule has 4 aromatic carbocycles. The van der Waals surface area contributed by atoms with Gasteiger partial charge in [0, 0.05) is 62.2 Å². The fraction of sp³-hybridized carbons (Fsp3) is 0.385. The number of rotatable bonds is 18. The summed E-state index contributed by atoms with van der Waals surface area (Å²) in [5.41, 5.74) is 2.51. The number of hydrogen-bond donors (Lipinski definition) is 2. The van der Waals surface area contributed by atoms with Crippen molar-refractivity contribution >= 4 is 65.2 Å². The predicted molar refractivity (Wildman–Crippen MR) is 276 cm³/mol. The molecule has 396 valence electrons. The van der Waals surface area contributed by atoms with Crippen LogP contribution in [0.1, 0.15) is 25.2 Å². The molecule has 0 spiro atoms. The first-order valence-electron chi connectivity index (χ1n) is 24.2. The number of sulfonamides is 2. The van der Waals surface area contributed by atoms with Crippen LogP contribution in [0.15, 0.2) is 119 Å². The second-order valence-electron chi connectivity index (χ2n) is 16.7. The van der Waals surface area contributed by atoms with E-state index in [1.54, 1.807) is 62.4 Å². The Morgan fingerprint density at radius 2 is 0.878 bits per heavy atom. The lowest BCUT2D eigenvalue weighted by molar-refractivity contribution is -0.146. The molecule has 7 rings (SSSR count). The number of nitrogens with zero attached hydrogens (tertiary/aromatic N) is 4. The molecule has 1 saturated heterocycles. The van der Waals surface area contributed by atoms with E-state index in [-0.39, 0.29) is 59.1 Å². The summed E-state index contributed by atoms with van der Waals surface area (Å²) in [4.78, 5) is 38.4. The van der Waals surface area contributed by atoms with E-state index in [2.05, 4.69) is 19.2 Å². The molecule has 0 bridgehead atoms. The number of pyridine rings is 2. The average molecular weight is 1060 g/mol. The topological polar surface area (TPSA) is 233 Å². The second-order valence-corrected chi connectivity index (χ2v) is 20.1. The van der Waals surface area contributed by atoms with Gasteiger partial charge in [-0.3, -0.25) is 19.2 Å². The van der Waals surface area contributed by atoms with Gasteiger partial charge >= 0.3 is 11.9 Å². The smallest absolute Gasteiger partial charge is 0.344 e. The van der Waals surface area contributed by atoms with Gasteiger partial charge in [0.2, 0.25) is 0 Å². The van der Waals surface area contributed by atoms with E-state index >= 15 is 0 Å². The highest BCUT2D eigenvalue weighted by Gasteiger charge is 2.21. The quantitative estimate of drug-likeness (QED) is 0.0990. The van der Waals surface area contributed by atoms with E-state index in [1.165, 1.54) is 36.4 Å². The summed E-state index contributed by atoms with van der Waals surface area (Å²) >= 11 is 0. The van der Waals surface area contributed by atoms with Crippen LogP contribution < -0.4 is 18.9 Å². The van der Waals surface area contributed by atoms with Gasteiger partial charge < -0.3 is 37.9 Å². The molecule has 2 N–H and O–H groups in total. The summed E-state index contributed by atoms with van der Waals surface area (Å²) in [7, 11) is -8.03. The summed E-state index contributed by atoms with van der Waals surface area (Å²) in [6.07, 6.45) is 0. The molecule has 22 heteroatoms. The van der Waals surface area contributed by atoms with Crippen LogP contribution in [0.4, 0.5) is 11.4 Å². The lowest BCUT2D eigenvalue weighted by atomic mass is 10.1. The number of nitrogens with one attached hydrogen (secondary N) is 2. The minimum absolute atomic E-state index is 0.0716. The average Bonchev–Trinajstić information content (AvgIpc) is 3.39. The van der Waals surface area contributed by atoms with Crippen LogP contribution in [0.3, 0.4) is 0 Å². The van der Waals surface area contributed by atoms with Crippen LogP contribution in [-0.4, -0.2) is 154 Å². The van der Waals surface area contributed by atoms with Crippen LogP contribution in [0, 0.1) is 0 Å². The molecule has 1 fully saturated rings. The normalized spacial score (nSPS) is 15.4. The number of carbonyl (C=O) groups excluding carboxylic acids is 2. The third kappa shape index (κ3) is 16.8. The maximum atomic E-state index is 13.5. The molecule has 0 saturated carbocycles. The molecule has 1 aliphatic rings. The van der Waals surface area contributed by atoms with Gasteiger partial charge in [-0.15, -0.1) is 0 Å². The molecule has 3 heterocycles. The molecule has 0 atom stereocenters. The van der Waals surface area contributed by atoms with Crippen molar-refractivity contribution in [2.45, 2.75) is 36.7 Å². The van der Waals surface area contributed by atoms with Crippen molar-refractivity contribution in [3.63, 3.8) is 0 Å². The van der Waals surface area contributed by atoms with E-state index < -0.39 is 32.0 Å². The summed E-state index contributed by atoms with van der Waals surface area (Å²) in [6, 6.07) is 29.8. The van der Waals surface area contributed by atoms with Crippen LogP contribution in [0.2, 0.25) is 0 Å². The molecule has 2 aromatic heterocycles. The van der Waals surface area contributed by atoms with Crippen molar-refractivity contribution in [1.82, 2.24) is 19.8 Å². The van der Waals surface area contributed by atoms with Crippen molar-refractivity contribution in [3.8, 4) is 11.5 Å². The van der Waals surface area contributed by atoms with Crippen molar-refractivity contribution in [3.05, 3.63) is 121 Å². The Bertz CT molecular complexity index is 2790. The number of esters is 2. The van der Waals surface area contributed by atoms with E-state index in [4.69, 9.17) is 47.9 Å². The fourth-order valence-electron chi connectivity index (χ4n) is 7.71. The van der Waals surface area contributed by atoms with Gasteiger partial charge in [0.25, 0.3) is 20.0 Å². The van der Waals surface area contributed by atoms with Crippen LogP contribution >= 0.6 is 0 Å². The Kier molecular flexibility index (Phi) is 20.7. The first kappa shape index (κ1) is 55.3. The maximum Gasteiger partial charge on any atom is 0.344 e. The van der Waals surface area contributed by atoms with Gasteiger partial charge in [-0.1, -0.05) is 48.5 Å². The lowest BCUT2D eigenvalue weighted by Crippen LogP contribution is -2.33. The number of benzene rings is 4. The highest BCUT2D eigenvalue weighted by Crippen LogP contribution is 2.32. The molecule has 1 aliphatic heterocycles. The zero-order valence-corrected chi connectivity index (χ0v) is 43.1. The van der Waals surface area contributed by atoms with Crippen molar-refractivity contribution in [2.24, 2.45) is 0 Å². The first-order valence-corrected chi connectivity index (χ1v) is 27.2. The number of anilines is 2. The van der Waals surface area contributed by atoms with Gasteiger partial charge in [0.15, 0.2) is 13.2 Å². The highest BCUT2D eigenvalue weighted by atomic mass is 32.2. The zero-order chi connectivity index (χ0) is 52.2. The van der Waals surface area contributed by atoms with E-state index in [0.717, 1.165) is 0 Å². The van der Waals surface area contributed by atoms with Gasteiger partial charge in [0.05, 0.1) is 110 Å². The monoisotopic (exact) mass is 1060 g/mol. The van der Waals surface area contributed by atoms with E-state index in [9.17, 15) is 26.4 Å². The molecule has 0 amide bonds. The van der Waals surface area contributed by atoms with Crippen LogP contribution in [0.5, 0.6) is 11.5 Å². The fourth-order valence-corrected chi connectivity index (χ4v) is 9.86. The van der Waals surface area contributed by atoms with Crippen LogP contribution in [0.25, 0.3) is 21.8 Å². The predicted octanol–water partition coefficient (Wildman–Crippen LogP) is 5.65. The van der Waals surface area contributed by atoms with Gasteiger partial charge in [-0.25, -0.2) is 36.4 Å². The Hall–Kier alpha value is -6.50. The second kappa shape index (κ2) is 27.7. The Balaban J connectivity index is 0.980. The molecule has 6 aromatic rings. The number of fused-ring (bicyclic) bond motifs is 2. The minimum atomic E-state index is -4.02. The van der Waals surface area contributed by atoms with Crippen molar-refractivity contribution < 1.29 is 64.3 Å². The number of hydrogen-bond acceptors (Lipinski definition) is 18. The Morgan fingerprint density at radius 1 is 0.514 bits per heavy atom. The lowest BCUT2D eigenvalue weighted by Gasteiger charge is -2.24. The Labute approximate surface area is 431 Å². The van der Waals surface area contributed by atoms with E-state index in [1.807, 2.05) is 24.3 Å². The molecule has 20 nitrogen and oxygen atoms in total. The molecular weight excluding hydrogens is 997 g/mol. The molecule has 0 aliphatic carbocycles. The van der Waals surface area contributed by atoms with Crippen LogP contribution in [-0.2, 0) is 71.1 Å². The summed E-state index contributed by atoms with van der Waals surface area (Å²) in [5.74, 6) is -0.584. The van der Waals surface area contributed by atoms with Gasteiger partial charge in [-0.2, -0.15) is 0 Å². The third-order valence-corrected chi connectivity index (χ3v) is 14.1. The third-order valence-electron chi connectivity index (χ3n) is 11.3. The highest BCUT2D eigenvalue weighted by molar-refractivity contribution is 7.93.